The zero-order valence-corrected chi connectivity index (χ0v) is 19.3. The summed E-state index contributed by atoms with van der Waals surface area (Å²) in [7, 11) is 1.58. The number of hydrogen-bond donors (Lipinski definition) is 2. The first-order valence-corrected chi connectivity index (χ1v) is 11.6. The average Bonchev–Trinajstić information content (AvgIpc) is 3.32. The fourth-order valence-corrected chi connectivity index (χ4v) is 4.98. The molecule has 1 aromatic heterocycles. The molecule has 1 fully saturated rings. The molecule has 3 rings (SSSR count). The van der Waals surface area contributed by atoms with Gasteiger partial charge in [-0.15, -0.1) is 11.3 Å². The SMILES string of the molecule is CCN1CCN(C(c2cccs2)C(C)NC(=O)C(=O)NCc2ccccc2OC)CC1. The molecule has 8 heteroatoms. The van der Waals surface area contributed by atoms with Crippen molar-refractivity contribution in [1.29, 1.82) is 0 Å². The summed E-state index contributed by atoms with van der Waals surface area (Å²) in [5, 5.41) is 7.68. The standard InChI is InChI=1S/C23H32N4O3S/c1-4-26-11-13-27(14-12-26)21(20-10-7-15-31-20)17(2)25-23(29)22(28)24-16-18-8-5-6-9-19(18)30-3/h5-10,15,17,21H,4,11-14,16H2,1-3H3,(H,24,28)(H,25,29). The third-order valence-electron chi connectivity index (χ3n) is 5.75. The maximum Gasteiger partial charge on any atom is 0.309 e. The van der Waals surface area contributed by atoms with E-state index in [2.05, 4.69) is 38.8 Å². The van der Waals surface area contributed by atoms with Crippen LogP contribution in [0.3, 0.4) is 0 Å². The van der Waals surface area contributed by atoms with Gasteiger partial charge >= 0.3 is 11.8 Å². The quantitative estimate of drug-likeness (QED) is 0.611. The summed E-state index contributed by atoms with van der Waals surface area (Å²) in [6, 6.07) is 11.4. The summed E-state index contributed by atoms with van der Waals surface area (Å²) in [5.41, 5.74) is 0.824. The van der Waals surface area contributed by atoms with Crippen LogP contribution >= 0.6 is 11.3 Å². The predicted octanol–water partition coefficient (Wildman–Crippen LogP) is 2.26. The van der Waals surface area contributed by atoms with Crippen molar-refractivity contribution in [3.63, 3.8) is 0 Å². The monoisotopic (exact) mass is 444 g/mol. The molecule has 2 amide bonds. The fraction of sp³-hybridized carbons (Fsp3) is 0.478. The Labute approximate surface area is 188 Å². The maximum atomic E-state index is 12.6. The van der Waals surface area contributed by atoms with Crippen molar-refractivity contribution in [2.24, 2.45) is 0 Å². The van der Waals surface area contributed by atoms with Crippen molar-refractivity contribution in [2.45, 2.75) is 32.5 Å². The molecule has 0 radical (unpaired) electrons. The van der Waals surface area contributed by atoms with Gasteiger partial charge in [-0.2, -0.15) is 0 Å². The number of carbonyl (C=O) groups excluding carboxylic acids is 2. The zero-order valence-electron chi connectivity index (χ0n) is 18.5. The number of nitrogens with one attached hydrogen (secondary N) is 2. The second-order valence-corrected chi connectivity index (χ2v) is 8.67. The molecule has 7 nitrogen and oxygen atoms in total. The Morgan fingerprint density at radius 3 is 2.48 bits per heavy atom. The van der Waals surface area contributed by atoms with Gasteiger partial charge in [-0.25, -0.2) is 0 Å². The molecular formula is C23H32N4O3S. The van der Waals surface area contributed by atoms with Gasteiger partial charge < -0.3 is 20.3 Å². The van der Waals surface area contributed by atoms with Gasteiger partial charge in [0.1, 0.15) is 5.75 Å². The molecule has 1 saturated heterocycles. The lowest BCUT2D eigenvalue weighted by atomic mass is 10.0. The van der Waals surface area contributed by atoms with Gasteiger partial charge in [0.15, 0.2) is 0 Å². The van der Waals surface area contributed by atoms with Crippen LogP contribution in [-0.2, 0) is 16.1 Å². The lowest BCUT2D eigenvalue weighted by Gasteiger charge is -2.41. The van der Waals surface area contributed by atoms with Crippen molar-refractivity contribution in [2.75, 3.05) is 39.8 Å². The number of piperazine rings is 1. The Morgan fingerprint density at radius 2 is 1.84 bits per heavy atom. The van der Waals surface area contributed by atoms with Gasteiger partial charge in [-0.05, 0) is 31.0 Å². The molecule has 1 aromatic carbocycles. The minimum atomic E-state index is -0.640. The van der Waals surface area contributed by atoms with Crippen molar-refractivity contribution < 1.29 is 14.3 Å². The lowest BCUT2D eigenvalue weighted by molar-refractivity contribution is -0.140. The predicted molar refractivity (Wildman–Crippen MR) is 123 cm³/mol. The van der Waals surface area contributed by atoms with E-state index in [1.165, 1.54) is 4.88 Å². The van der Waals surface area contributed by atoms with Gasteiger partial charge in [0, 0.05) is 49.2 Å². The number of hydrogen-bond acceptors (Lipinski definition) is 6. The second-order valence-electron chi connectivity index (χ2n) is 7.69. The third-order valence-corrected chi connectivity index (χ3v) is 6.70. The van der Waals surface area contributed by atoms with E-state index in [0.29, 0.717) is 5.75 Å². The molecule has 0 bridgehead atoms. The summed E-state index contributed by atoms with van der Waals surface area (Å²) in [6.45, 7) is 9.35. The number of benzene rings is 1. The molecule has 31 heavy (non-hydrogen) atoms. The summed E-state index contributed by atoms with van der Waals surface area (Å²) in [5.74, 6) is -0.574. The molecule has 2 atom stereocenters. The van der Waals surface area contributed by atoms with E-state index >= 15 is 0 Å². The minimum absolute atomic E-state index is 0.0463. The molecule has 0 saturated carbocycles. The minimum Gasteiger partial charge on any atom is -0.496 e. The van der Waals surface area contributed by atoms with Crippen LogP contribution in [-0.4, -0.2) is 67.5 Å². The normalized spacial score (nSPS) is 17.0. The van der Waals surface area contributed by atoms with Crippen LogP contribution in [0.1, 0.15) is 30.3 Å². The molecule has 0 aliphatic carbocycles. The summed E-state index contributed by atoms with van der Waals surface area (Å²) in [6.07, 6.45) is 0. The number of likely N-dealkylation sites (N-methyl/N-ethyl adjacent to an activating group) is 1. The second kappa shape index (κ2) is 11.3. The van der Waals surface area contributed by atoms with E-state index in [0.717, 1.165) is 38.3 Å². The lowest BCUT2D eigenvalue weighted by Crippen LogP contribution is -2.53. The Kier molecular flexibility index (Phi) is 8.45. The number of amides is 2. The van der Waals surface area contributed by atoms with Gasteiger partial charge in [-0.3, -0.25) is 14.5 Å². The Morgan fingerprint density at radius 1 is 1.10 bits per heavy atom. The highest BCUT2D eigenvalue weighted by molar-refractivity contribution is 7.10. The molecule has 1 aliphatic rings. The van der Waals surface area contributed by atoms with Crippen molar-refractivity contribution >= 4 is 23.2 Å². The highest BCUT2D eigenvalue weighted by Gasteiger charge is 2.31. The number of para-hydroxylation sites is 1. The highest BCUT2D eigenvalue weighted by Crippen LogP contribution is 2.29. The molecular weight excluding hydrogens is 412 g/mol. The Balaban J connectivity index is 1.60. The van der Waals surface area contributed by atoms with Crippen LogP contribution in [0.5, 0.6) is 5.75 Å². The third kappa shape index (κ3) is 6.06. The molecule has 2 heterocycles. The highest BCUT2D eigenvalue weighted by atomic mass is 32.1. The maximum absolute atomic E-state index is 12.6. The van der Waals surface area contributed by atoms with E-state index in [-0.39, 0.29) is 18.6 Å². The molecule has 168 valence electrons. The van der Waals surface area contributed by atoms with Crippen LogP contribution in [0.4, 0.5) is 0 Å². The average molecular weight is 445 g/mol. The van der Waals surface area contributed by atoms with Crippen LogP contribution in [0, 0.1) is 0 Å². The fourth-order valence-electron chi connectivity index (χ4n) is 4.02. The first-order chi connectivity index (χ1) is 15.0. The topological polar surface area (TPSA) is 73.9 Å². The van der Waals surface area contributed by atoms with Gasteiger partial charge in [0.25, 0.3) is 0 Å². The smallest absolute Gasteiger partial charge is 0.309 e. The Hall–Kier alpha value is -2.42. The van der Waals surface area contributed by atoms with Gasteiger partial charge in [0.05, 0.1) is 13.2 Å². The number of methoxy groups -OCH3 is 1. The molecule has 2 N–H and O–H groups in total. The zero-order chi connectivity index (χ0) is 22.2. The first kappa shape index (κ1) is 23.2. The molecule has 2 unspecified atom stereocenters. The number of nitrogens with zero attached hydrogens (tertiary/aromatic N) is 2. The Bertz CT molecular complexity index is 850. The number of carbonyl (C=O) groups is 2. The van der Waals surface area contributed by atoms with Crippen LogP contribution in [0.15, 0.2) is 41.8 Å². The van der Waals surface area contributed by atoms with Crippen LogP contribution in [0.2, 0.25) is 0 Å². The summed E-state index contributed by atoms with van der Waals surface area (Å²) in [4.78, 5) is 31.1. The molecule has 0 spiro atoms. The summed E-state index contributed by atoms with van der Waals surface area (Å²) < 4.78 is 5.30. The largest absolute Gasteiger partial charge is 0.496 e. The van der Waals surface area contributed by atoms with Crippen molar-refractivity contribution in [1.82, 2.24) is 20.4 Å². The number of thiophene rings is 1. The van der Waals surface area contributed by atoms with Gasteiger partial charge in [0.2, 0.25) is 0 Å². The van der Waals surface area contributed by atoms with Crippen molar-refractivity contribution in [3.8, 4) is 5.75 Å². The van der Waals surface area contributed by atoms with E-state index in [1.807, 2.05) is 37.3 Å². The summed E-state index contributed by atoms with van der Waals surface area (Å²) >= 11 is 1.69. The number of ether oxygens (including phenoxy) is 1. The van der Waals surface area contributed by atoms with Gasteiger partial charge in [-0.1, -0.05) is 31.2 Å². The van der Waals surface area contributed by atoms with E-state index in [4.69, 9.17) is 4.74 Å². The van der Waals surface area contributed by atoms with Crippen LogP contribution in [0.25, 0.3) is 0 Å². The molecule has 1 aliphatic heterocycles. The van der Waals surface area contributed by atoms with Crippen molar-refractivity contribution in [3.05, 3.63) is 52.2 Å². The van der Waals surface area contributed by atoms with Crippen LogP contribution < -0.4 is 15.4 Å². The first-order valence-electron chi connectivity index (χ1n) is 10.7. The molecule has 2 aromatic rings. The van der Waals surface area contributed by atoms with E-state index < -0.39 is 11.8 Å². The van der Waals surface area contributed by atoms with E-state index in [1.54, 1.807) is 18.4 Å². The number of rotatable bonds is 8. The van der Waals surface area contributed by atoms with E-state index in [9.17, 15) is 9.59 Å².